The zero-order valence-electron chi connectivity index (χ0n) is 12.2. The number of rotatable bonds is 8. The fourth-order valence-electron chi connectivity index (χ4n) is 1.87. The van der Waals surface area contributed by atoms with Gasteiger partial charge in [-0.05, 0) is 30.5 Å². The van der Waals surface area contributed by atoms with Gasteiger partial charge in [0.05, 0.1) is 18.6 Å². The lowest BCUT2D eigenvalue weighted by Gasteiger charge is -2.25. The van der Waals surface area contributed by atoms with E-state index in [4.69, 9.17) is 21.4 Å². The molecule has 0 aliphatic rings. The average molecular weight is 300 g/mol. The maximum absolute atomic E-state index is 10.8. The highest BCUT2D eigenvalue weighted by molar-refractivity contribution is 6.32. The quantitative estimate of drug-likeness (QED) is 0.795. The molecule has 0 radical (unpaired) electrons. The van der Waals surface area contributed by atoms with Crippen LogP contribution >= 0.6 is 11.6 Å². The molecule has 1 aromatic carbocycles. The second kappa shape index (κ2) is 8.00. The molecule has 112 valence electrons. The van der Waals surface area contributed by atoms with Crippen LogP contribution in [0.15, 0.2) is 18.2 Å². The van der Waals surface area contributed by atoms with Crippen LogP contribution in [0.2, 0.25) is 5.02 Å². The molecule has 0 saturated heterocycles. The van der Waals surface area contributed by atoms with Crippen molar-refractivity contribution in [3.8, 4) is 5.75 Å². The molecule has 4 nitrogen and oxygen atoms in total. The van der Waals surface area contributed by atoms with Crippen molar-refractivity contribution in [2.24, 2.45) is 5.92 Å². The Morgan fingerprint density at radius 3 is 2.60 bits per heavy atom. The van der Waals surface area contributed by atoms with Crippen molar-refractivity contribution in [2.45, 2.75) is 26.7 Å². The summed E-state index contributed by atoms with van der Waals surface area (Å²) < 4.78 is 5.13. The molecular formula is C15H22ClNO3. The molecule has 1 N–H and O–H groups in total. The maximum atomic E-state index is 10.8. The summed E-state index contributed by atoms with van der Waals surface area (Å²) in [6, 6.07) is 5.54. The van der Waals surface area contributed by atoms with Gasteiger partial charge in [0.25, 0.3) is 0 Å². The van der Waals surface area contributed by atoms with Crippen molar-refractivity contribution in [3.63, 3.8) is 0 Å². The second-order valence-electron chi connectivity index (χ2n) is 5.13. The van der Waals surface area contributed by atoms with Crippen molar-refractivity contribution in [1.82, 2.24) is 0 Å². The molecule has 0 fully saturated rings. The number of ether oxygens (including phenoxy) is 1. The monoisotopic (exact) mass is 299 g/mol. The molecule has 0 atom stereocenters. The first-order valence-electron chi connectivity index (χ1n) is 6.74. The number of carboxylic acid groups (broad SMARTS) is 1. The second-order valence-corrected chi connectivity index (χ2v) is 5.54. The molecule has 1 rings (SSSR count). The van der Waals surface area contributed by atoms with Crippen LogP contribution in [0.5, 0.6) is 5.75 Å². The van der Waals surface area contributed by atoms with Gasteiger partial charge in [0.2, 0.25) is 0 Å². The molecule has 0 unspecified atom stereocenters. The first-order chi connectivity index (χ1) is 9.43. The summed E-state index contributed by atoms with van der Waals surface area (Å²) in [4.78, 5) is 12.8. The number of benzene rings is 1. The number of hydrogen-bond donors (Lipinski definition) is 1. The van der Waals surface area contributed by atoms with Crippen LogP contribution in [0.1, 0.15) is 26.7 Å². The summed E-state index contributed by atoms with van der Waals surface area (Å²) >= 11 is 6.13. The molecule has 0 heterocycles. The smallest absolute Gasteiger partial charge is 0.305 e. The Morgan fingerprint density at radius 2 is 2.10 bits per heavy atom. The van der Waals surface area contributed by atoms with Crippen LogP contribution in [0.3, 0.4) is 0 Å². The predicted molar refractivity (Wildman–Crippen MR) is 81.9 cm³/mol. The van der Waals surface area contributed by atoms with E-state index < -0.39 is 5.97 Å². The number of aliphatic carboxylic acids is 1. The van der Waals surface area contributed by atoms with Crippen LogP contribution in [-0.4, -0.2) is 31.3 Å². The van der Waals surface area contributed by atoms with E-state index in [-0.39, 0.29) is 6.42 Å². The standard InChI is InChI=1S/C15H22ClNO3/c1-11(2)6-8-17(9-7-15(18)19)12-4-5-14(20-3)13(16)10-12/h4-5,10-11H,6-9H2,1-3H3,(H,18,19). The van der Waals surface area contributed by atoms with Crippen molar-refractivity contribution < 1.29 is 14.6 Å². The largest absolute Gasteiger partial charge is 0.495 e. The third-order valence-corrected chi connectivity index (χ3v) is 3.37. The Morgan fingerprint density at radius 1 is 1.40 bits per heavy atom. The molecule has 0 spiro atoms. The fraction of sp³-hybridized carbons (Fsp3) is 0.533. The van der Waals surface area contributed by atoms with Gasteiger partial charge in [-0.25, -0.2) is 0 Å². The molecule has 1 aromatic rings. The van der Waals surface area contributed by atoms with Gasteiger partial charge < -0.3 is 14.7 Å². The van der Waals surface area contributed by atoms with Gasteiger partial charge in [-0.3, -0.25) is 4.79 Å². The minimum atomic E-state index is -0.792. The third kappa shape index (κ3) is 5.29. The third-order valence-electron chi connectivity index (χ3n) is 3.07. The lowest BCUT2D eigenvalue weighted by molar-refractivity contribution is -0.136. The van der Waals surface area contributed by atoms with Crippen molar-refractivity contribution in [3.05, 3.63) is 23.2 Å². The van der Waals surface area contributed by atoms with E-state index >= 15 is 0 Å². The number of anilines is 1. The normalized spacial score (nSPS) is 10.7. The number of nitrogens with zero attached hydrogens (tertiary/aromatic N) is 1. The molecular weight excluding hydrogens is 278 g/mol. The van der Waals surface area contributed by atoms with E-state index in [1.54, 1.807) is 13.2 Å². The summed E-state index contributed by atoms with van der Waals surface area (Å²) in [5.74, 6) is 0.396. The molecule has 5 heteroatoms. The Labute approximate surface area is 125 Å². The minimum absolute atomic E-state index is 0.113. The SMILES string of the molecule is COc1ccc(N(CCC(=O)O)CCC(C)C)cc1Cl. The molecule has 20 heavy (non-hydrogen) atoms. The highest BCUT2D eigenvalue weighted by atomic mass is 35.5. The molecule has 0 aliphatic heterocycles. The van der Waals surface area contributed by atoms with Crippen LogP contribution < -0.4 is 9.64 Å². The molecule has 0 saturated carbocycles. The topological polar surface area (TPSA) is 49.8 Å². The number of hydrogen-bond acceptors (Lipinski definition) is 3. The lowest BCUT2D eigenvalue weighted by Crippen LogP contribution is -2.28. The van der Waals surface area contributed by atoms with Crippen LogP contribution in [0.4, 0.5) is 5.69 Å². The summed E-state index contributed by atoms with van der Waals surface area (Å²) in [6.45, 7) is 5.59. The van der Waals surface area contributed by atoms with Crippen LogP contribution in [0, 0.1) is 5.92 Å². The molecule has 0 amide bonds. The Kier molecular flexibility index (Phi) is 6.65. The summed E-state index contributed by atoms with van der Waals surface area (Å²) in [6.07, 6.45) is 1.12. The fourth-order valence-corrected chi connectivity index (χ4v) is 2.12. The number of carboxylic acids is 1. The highest BCUT2D eigenvalue weighted by Crippen LogP contribution is 2.29. The number of carbonyl (C=O) groups is 1. The Bertz CT molecular complexity index is 449. The summed E-state index contributed by atoms with van der Waals surface area (Å²) in [7, 11) is 1.57. The minimum Gasteiger partial charge on any atom is -0.495 e. The van der Waals surface area contributed by atoms with Gasteiger partial charge in [0.1, 0.15) is 5.75 Å². The zero-order chi connectivity index (χ0) is 15.1. The molecule has 0 bridgehead atoms. The Balaban J connectivity index is 2.84. The van der Waals surface area contributed by atoms with Crippen molar-refractivity contribution in [2.75, 3.05) is 25.1 Å². The molecule has 0 aromatic heterocycles. The van der Waals surface area contributed by atoms with Gasteiger partial charge in [-0.2, -0.15) is 0 Å². The maximum Gasteiger partial charge on any atom is 0.305 e. The first-order valence-corrected chi connectivity index (χ1v) is 7.12. The average Bonchev–Trinajstić information content (AvgIpc) is 2.38. The predicted octanol–water partition coefficient (Wildman–Crippen LogP) is 3.68. The van der Waals surface area contributed by atoms with Gasteiger partial charge >= 0.3 is 5.97 Å². The lowest BCUT2D eigenvalue weighted by atomic mass is 10.1. The summed E-state index contributed by atoms with van der Waals surface area (Å²) in [5, 5.41) is 9.39. The van der Waals surface area contributed by atoms with Gasteiger partial charge in [-0.15, -0.1) is 0 Å². The number of halogens is 1. The zero-order valence-corrected chi connectivity index (χ0v) is 13.0. The van der Waals surface area contributed by atoms with Gasteiger partial charge in [0, 0.05) is 18.8 Å². The first kappa shape index (κ1) is 16.6. The van der Waals surface area contributed by atoms with Gasteiger partial charge in [0.15, 0.2) is 0 Å². The van der Waals surface area contributed by atoms with Crippen LogP contribution in [-0.2, 0) is 4.79 Å². The summed E-state index contributed by atoms with van der Waals surface area (Å²) in [5.41, 5.74) is 0.928. The van der Waals surface area contributed by atoms with E-state index in [0.717, 1.165) is 18.7 Å². The molecule has 0 aliphatic carbocycles. The number of methoxy groups -OCH3 is 1. The Hall–Kier alpha value is -1.42. The van der Waals surface area contributed by atoms with E-state index in [1.165, 1.54) is 0 Å². The van der Waals surface area contributed by atoms with E-state index in [9.17, 15) is 4.79 Å². The van der Waals surface area contributed by atoms with E-state index in [2.05, 4.69) is 18.7 Å². The van der Waals surface area contributed by atoms with Gasteiger partial charge in [-0.1, -0.05) is 25.4 Å². The van der Waals surface area contributed by atoms with E-state index in [1.807, 2.05) is 12.1 Å². The highest BCUT2D eigenvalue weighted by Gasteiger charge is 2.11. The van der Waals surface area contributed by atoms with Crippen LogP contribution in [0.25, 0.3) is 0 Å². The van der Waals surface area contributed by atoms with Crippen molar-refractivity contribution in [1.29, 1.82) is 0 Å². The van der Waals surface area contributed by atoms with E-state index in [0.29, 0.717) is 23.2 Å². The van der Waals surface area contributed by atoms with Crippen molar-refractivity contribution >= 4 is 23.3 Å².